The van der Waals surface area contributed by atoms with Crippen LogP contribution in [0.3, 0.4) is 0 Å². The van der Waals surface area contributed by atoms with Crippen molar-refractivity contribution in [3.8, 4) is 11.8 Å². The average molecular weight is 397 g/mol. The number of nitrogens with zero attached hydrogens (tertiary/aromatic N) is 3. The summed E-state index contributed by atoms with van der Waals surface area (Å²) < 4.78 is 5.55. The first kappa shape index (κ1) is 20.6. The molecule has 1 aromatic carbocycles. The summed E-state index contributed by atoms with van der Waals surface area (Å²) in [5.74, 6) is 0.678. The number of piperidine rings is 1. The Morgan fingerprint density at radius 2 is 1.93 bits per heavy atom. The molecule has 0 aliphatic carbocycles. The van der Waals surface area contributed by atoms with Gasteiger partial charge in [0.2, 0.25) is 5.91 Å². The largest absolute Gasteiger partial charge is 0.424 e. The molecule has 0 spiro atoms. The Kier molecular flexibility index (Phi) is 6.99. The molecule has 3 rings (SSSR count). The van der Waals surface area contributed by atoms with E-state index in [0.29, 0.717) is 37.0 Å². The van der Waals surface area contributed by atoms with E-state index in [1.165, 1.54) is 0 Å². The highest BCUT2D eigenvalue weighted by Crippen LogP contribution is 2.22. The number of nitrogens with one attached hydrogen (secondary N) is 2. The van der Waals surface area contributed by atoms with Crippen molar-refractivity contribution >= 4 is 17.6 Å². The van der Waals surface area contributed by atoms with E-state index in [2.05, 4.69) is 34.4 Å². The Balaban J connectivity index is 1.52. The maximum atomic E-state index is 12.7. The molecule has 1 aromatic heterocycles. The summed E-state index contributed by atoms with van der Waals surface area (Å²) in [4.78, 5) is 34.7. The molecular formula is C21H27N5O3. The number of likely N-dealkylation sites (tertiary alicyclic amines) is 1. The molecule has 8 nitrogen and oxygen atoms in total. The minimum absolute atomic E-state index is 0.0774. The third-order valence-electron chi connectivity index (χ3n) is 4.61. The standard InChI is InChI=1S/C21H27N5O3/c1-15(2)13-24-21(28)26-12-3-5-16(14-26)19(27)25-17-6-8-18(9-7-17)29-20-22-10-4-11-23-20/h4,6-11,15-16H,3,5,12-14H2,1-2H3,(H,24,28)(H,25,27). The smallest absolute Gasteiger partial charge is 0.321 e. The lowest BCUT2D eigenvalue weighted by atomic mass is 9.97. The number of carbonyl (C=O) groups excluding carboxylic acids is 2. The van der Waals surface area contributed by atoms with Gasteiger partial charge < -0.3 is 20.3 Å². The summed E-state index contributed by atoms with van der Waals surface area (Å²) in [6.45, 7) is 5.85. The van der Waals surface area contributed by atoms with Crippen LogP contribution in [0.1, 0.15) is 26.7 Å². The molecule has 29 heavy (non-hydrogen) atoms. The number of urea groups is 1. The van der Waals surface area contributed by atoms with Crippen molar-refractivity contribution in [2.24, 2.45) is 11.8 Å². The van der Waals surface area contributed by atoms with Gasteiger partial charge in [-0.1, -0.05) is 13.8 Å². The van der Waals surface area contributed by atoms with Gasteiger partial charge in [-0.2, -0.15) is 0 Å². The SMILES string of the molecule is CC(C)CNC(=O)N1CCCC(C(=O)Nc2ccc(Oc3ncccn3)cc2)C1. The molecule has 1 unspecified atom stereocenters. The minimum atomic E-state index is -0.220. The van der Waals surface area contributed by atoms with Gasteiger partial charge in [-0.3, -0.25) is 4.79 Å². The van der Waals surface area contributed by atoms with Gasteiger partial charge in [-0.05, 0) is 49.1 Å². The summed E-state index contributed by atoms with van der Waals surface area (Å²) in [7, 11) is 0. The first-order valence-corrected chi connectivity index (χ1v) is 9.90. The van der Waals surface area contributed by atoms with Gasteiger partial charge in [0.25, 0.3) is 0 Å². The number of rotatable bonds is 6. The van der Waals surface area contributed by atoms with Crippen molar-refractivity contribution in [2.75, 3.05) is 25.0 Å². The van der Waals surface area contributed by atoms with Crippen LogP contribution in [0.15, 0.2) is 42.7 Å². The van der Waals surface area contributed by atoms with Gasteiger partial charge in [0.1, 0.15) is 5.75 Å². The van der Waals surface area contributed by atoms with Crippen molar-refractivity contribution in [3.63, 3.8) is 0 Å². The van der Waals surface area contributed by atoms with Crippen LogP contribution in [0.25, 0.3) is 0 Å². The molecule has 0 radical (unpaired) electrons. The second kappa shape index (κ2) is 9.86. The highest BCUT2D eigenvalue weighted by Gasteiger charge is 2.28. The van der Waals surface area contributed by atoms with Crippen molar-refractivity contribution in [2.45, 2.75) is 26.7 Å². The lowest BCUT2D eigenvalue weighted by molar-refractivity contribution is -0.121. The highest BCUT2D eigenvalue weighted by molar-refractivity contribution is 5.93. The fraction of sp³-hybridized carbons (Fsp3) is 0.429. The number of hydrogen-bond donors (Lipinski definition) is 2. The maximum Gasteiger partial charge on any atom is 0.321 e. The fourth-order valence-electron chi connectivity index (χ4n) is 3.07. The Morgan fingerprint density at radius 3 is 2.62 bits per heavy atom. The molecule has 1 aliphatic rings. The first-order chi connectivity index (χ1) is 14.0. The van der Waals surface area contributed by atoms with E-state index in [1.54, 1.807) is 47.6 Å². The van der Waals surface area contributed by atoms with Gasteiger partial charge in [-0.25, -0.2) is 14.8 Å². The van der Waals surface area contributed by atoms with Gasteiger partial charge in [0, 0.05) is 37.7 Å². The van der Waals surface area contributed by atoms with Crippen LogP contribution in [-0.2, 0) is 4.79 Å². The summed E-state index contributed by atoms with van der Waals surface area (Å²) in [5, 5.41) is 5.85. The zero-order valence-corrected chi connectivity index (χ0v) is 16.8. The van der Waals surface area contributed by atoms with Gasteiger partial charge in [-0.15, -0.1) is 0 Å². The van der Waals surface area contributed by atoms with E-state index in [-0.39, 0.29) is 23.9 Å². The van der Waals surface area contributed by atoms with Crippen molar-refractivity contribution < 1.29 is 14.3 Å². The van der Waals surface area contributed by atoms with Gasteiger partial charge in [0.05, 0.1) is 5.92 Å². The van der Waals surface area contributed by atoms with Crippen LogP contribution in [0, 0.1) is 11.8 Å². The normalized spacial score (nSPS) is 16.4. The van der Waals surface area contributed by atoms with Crippen LogP contribution in [0.5, 0.6) is 11.8 Å². The zero-order chi connectivity index (χ0) is 20.6. The predicted molar refractivity (Wildman–Crippen MR) is 110 cm³/mol. The molecule has 0 bridgehead atoms. The van der Waals surface area contributed by atoms with E-state index in [1.807, 2.05) is 0 Å². The van der Waals surface area contributed by atoms with E-state index >= 15 is 0 Å². The van der Waals surface area contributed by atoms with E-state index in [9.17, 15) is 9.59 Å². The Morgan fingerprint density at radius 1 is 1.21 bits per heavy atom. The summed E-state index contributed by atoms with van der Waals surface area (Å²) in [6, 6.07) is 8.92. The molecule has 2 aromatic rings. The zero-order valence-electron chi connectivity index (χ0n) is 16.8. The topological polar surface area (TPSA) is 96.5 Å². The third kappa shape index (κ3) is 6.17. The van der Waals surface area contributed by atoms with E-state index < -0.39 is 0 Å². The molecule has 2 N–H and O–H groups in total. The highest BCUT2D eigenvalue weighted by atomic mass is 16.5. The molecule has 1 atom stereocenters. The molecular weight excluding hydrogens is 370 g/mol. The van der Waals surface area contributed by atoms with Crippen molar-refractivity contribution in [3.05, 3.63) is 42.7 Å². The molecule has 1 fully saturated rings. The van der Waals surface area contributed by atoms with Crippen LogP contribution >= 0.6 is 0 Å². The molecule has 0 saturated carbocycles. The molecule has 8 heteroatoms. The summed E-state index contributed by atoms with van der Waals surface area (Å²) in [5.41, 5.74) is 0.678. The quantitative estimate of drug-likeness (QED) is 0.780. The van der Waals surface area contributed by atoms with Crippen LogP contribution in [0.4, 0.5) is 10.5 Å². The summed E-state index contributed by atoms with van der Waals surface area (Å²) in [6.07, 6.45) is 4.80. The van der Waals surface area contributed by atoms with Crippen molar-refractivity contribution in [1.29, 1.82) is 0 Å². The molecule has 154 valence electrons. The monoisotopic (exact) mass is 397 g/mol. The minimum Gasteiger partial charge on any atom is -0.424 e. The van der Waals surface area contributed by atoms with Crippen LogP contribution in [-0.4, -0.2) is 46.4 Å². The molecule has 1 aliphatic heterocycles. The number of carbonyl (C=O) groups is 2. The van der Waals surface area contributed by atoms with E-state index in [0.717, 1.165) is 12.8 Å². The molecule has 3 amide bonds. The lowest BCUT2D eigenvalue weighted by Gasteiger charge is -2.32. The number of anilines is 1. The predicted octanol–water partition coefficient (Wildman–Crippen LogP) is 3.29. The van der Waals surface area contributed by atoms with E-state index in [4.69, 9.17) is 4.74 Å². The number of hydrogen-bond acceptors (Lipinski definition) is 5. The Bertz CT molecular complexity index is 811. The number of ether oxygens (including phenoxy) is 1. The lowest BCUT2D eigenvalue weighted by Crippen LogP contribution is -2.48. The fourth-order valence-corrected chi connectivity index (χ4v) is 3.07. The maximum absolute atomic E-state index is 12.7. The second-order valence-electron chi connectivity index (χ2n) is 7.51. The van der Waals surface area contributed by atoms with Crippen molar-refractivity contribution in [1.82, 2.24) is 20.2 Å². The Labute approximate surface area is 170 Å². The molecule has 2 heterocycles. The van der Waals surface area contributed by atoms with Gasteiger partial charge in [0.15, 0.2) is 0 Å². The molecule has 1 saturated heterocycles. The number of aromatic nitrogens is 2. The van der Waals surface area contributed by atoms with Gasteiger partial charge >= 0.3 is 12.0 Å². The number of benzene rings is 1. The Hall–Kier alpha value is -3.16. The van der Waals surface area contributed by atoms with Crippen LogP contribution < -0.4 is 15.4 Å². The summed E-state index contributed by atoms with van der Waals surface area (Å²) >= 11 is 0. The first-order valence-electron chi connectivity index (χ1n) is 9.90. The van der Waals surface area contributed by atoms with Crippen LogP contribution in [0.2, 0.25) is 0 Å². The average Bonchev–Trinajstić information content (AvgIpc) is 2.74. The number of amides is 3. The third-order valence-corrected chi connectivity index (χ3v) is 4.61. The second-order valence-corrected chi connectivity index (χ2v) is 7.51.